The molecule has 3 heteroatoms. The predicted octanol–water partition coefficient (Wildman–Crippen LogP) is 3.95. The van der Waals surface area contributed by atoms with Crippen molar-refractivity contribution in [1.29, 1.82) is 0 Å². The van der Waals surface area contributed by atoms with E-state index in [2.05, 4.69) is 13.2 Å². The van der Waals surface area contributed by atoms with E-state index in [4.69, 9.17) is 9.15 Å². The van der Waals surface area contributed by atoms with Gasteiger partial charge in [-0.2, -0.15) is 0 Å². The fraction of sp³-hybridized carbons (Fsp3) is 0.118. The van der Waals surface area contributed by atoms with Gasteiger partial charge in [-0.15, -0.1) is 0 Å². The lowest BCUT2D eigenvalue weighted by Crippen LogP contribution is -2.02. The predicted molar refractivity (Wildman–Crippen MR) is 82.0 cm³/mol. The van der Waals surface area contributed by atoms with Gasteiger partial charge in [-0.1, -0.05) is 31.4 Å². The minimum atomic E-state index is -0.396. The smallest absolute Gasteiger partial charge is 0.344 e. The third kappa shape index (κ3) is 2.57. The van der Waals surface area contributed by atoms with Crippen molar-refractivity contribution in [2.45, 2.75) is 6.92 Å². The molecule has 1 aromatic heterocycles. The minimum Gasteiger partial charge on any atom is -0.497 e. The van der Waals surface area contributed by atoms with Crippen molar-refractivity contribution in [3.63, 3.8) is 0 Å². The largest absolute Gasteiger partial charge is 0.497 e. The standard InChI is InChI=1S/C17H16O3/c1-5-6-14(11(2)3)16-9-12-7-8-13(19-4)10-15(12)17(18)20-16/h5-10H,1-2H2,3-4H3/b14-6+. The number of benzene rings is 1. The molecule has 0 fully saturated rings. The molecule has 0 saturated carbocycles. The van der Waals surface area contributed by atoms with Gasteiger partial charge in [-0.3, -0.25) is 0 Å². The molecule has 2 aromatic rings. The lowest BCUT2D eigenvalue weighted by atomic mass is 10.0. The second-order valence-corrected chi connectivity index (χ2v) is 4.45. The van der Waals surface area contributed by atoms with E-state index in [1.807, 2.05) is 25.1 Å². The first-order chi connectivity index (χ1) is 9.56. The molecule has 0 N–H and O–H groups in total. The highest BCUT2D eigenvalue weighted by Crippen LogP contribution is 2.25. The van der Waals surface area contributed by atoms with Crippen LogP contribution >= 0.6 is 0 Å². The molecule has 0 aliphatic rings. The van der Waals surface area contributed by atoms with Gasteiger partial charge in [0, 0.05) is 5.57 Å². The summed E-state index contributed by atoms with van der Waals surface area (Å²) in [5, 5.41) is 1.29. The Hall–Kier alpha value is -2.55. The number of hydrogen-bond acceptors (Lipinski definition) is 3. The topological polar surface area (TPSA) is 39.4 Å². The summed E-state index contributed by atoms with van der Waals surface area (Å²) in [7, 11) is 1.56. The lowest BCUT2D eigenvalue weighted by molar-refractivity contribution is 0.415. The van der Waals surface area contributed by atoms with Crippen molar-refractivity contribution >= 4 is 16.3 Å². The van der Waals surface area contributed by atoms with Crippen LogP contribution in [0.15, 0.2) is 64.4 Å². The maximum Gasteiger partial charge on any atom is 0.344 e. The Morgan fingerprint density at radius 1 is 1.35 bits per heavy atom. The van der Waals surface area contributed by atoms with Crippen LogP contribution in [-0.4, -0.2) is 7.11 Å². The Bertz CT molecular complexity index is 763. The number of allylic oxidation sites excluding steroid dienone is 4. The summed E-state index contributed by atoms with van der Waals surface area (Å²) >= 11 is 0. The van der Waals surface area contributed by atoms with E-state index >= 15 is 0 Å². The molecule has 0 unspecified atom stereocenters. The molecule has 2 rings (SSSR count). The summed E-state index contributed by atoms with van der Waals surface area (Å²) in [4.78, 5) is 12.1. The maximum absolute atomic E-state index is 12.1. The van der Waals surface area contributed by atoms with Crippen LogP contribution in [0.2, 0.25) is 0 Å². The first kappa shape index (κ1) is 13.9. The SMILES string of the molecule is C=C/C=C(\C(=C)C)c1cc2ccc(OC)cc2c(=O)o1. The summed E-state index contributed by atoms with van der Waals surface area (Å²) in [5.74, 6) is 1.11. The van der Waals surface area contributed by atoms with Crippen molar-refractivity contribution in [2.75, 3.05) is 7.11 Å². The molecule has 0 aliphatic carbocycles. The summed E-state index contributed by atoms with van der Waals surface area (Å²) < 4.78 is 10.5. The molecule has 0 atom stereocenters. The minimum absolute atomic E-state index is 0.396. The Morgan fingerprint density at radius 2 is 2.10 bits per heavy atom. The Balaban J connectivity index is 2.70. The van der Waals surface area contributed by atoms with Gasteiger partial charge in [-0.05, 0) is 36.1 Å². The van der Waals surface area contributed by atoms with E-state index in [9.17, 15) is 4.79 Å². The first-order valence-corrected chi connectivity index (χ1v) is 6.17. The van der Waals surface area contributed by atoms with Crippen LogP contribution < -0.4 is 10.4 Å². The molecule has 0 saturated heterocycles. The van der Waals surface area contributed by atoms with Crippen LogP contribution in [0, 0.1) is 0 Å². The van der Waals surface area contributed by atoms with E-state index in [0.717, 1.165) is 16.5 Å². The van der Waals surface area contributed by atoms with Gasteiger partial charge in [0.05, 0.1) is 12.5 Å². The Labute approximate surface area is 117 Å². The van der Waals surface area contributed by atoms with E-state index in [-0.39, 0.29) is 0 Å². The van der Waals surface area contributed by atoms with Gasteiger partial charge in [0.25, 0.3) is 0 Å². The van der Waals surface area contributed by atoms with Crippen LogP contribution in [0.4, 0.5) is 0 Å². The number of rotatable bonds is 4. The maximum atomic E-state index is 12.1. The summed E-state index contributed by atoms with van der Waals surface area (Å²) in [6.07, 6.45) is 3.41. The Morgan fingerprint density at radius 3 is 2.70 bits per heavy atom. The first-order valence-electron chi connectivity index (χ1n) is 6.17. The summed E-state index contributed by atoms with van der Waals surface area (Å²) in [5.41, 5.74) is 1.17. The van der Waals surface area contributed by atoms with Crippen LogP contribution in [0.5, 0.6) is 5.75 Å². The highest BCUT2D eigenvalue weighted by molar-refractivity contribution is 5.87. The van der Waals surface area contributed by atoms with Gasteiger partial charge >= 0.3 is 5.63 Å². The molecule has 102 valence electrons. The second-order valence-electron chi connectivity index (χ2n) is 4.45. The molecule has 20 heavy (non-hydrogen) atoms. The number of fused-ring (bicyclic) bond motifs is 1. The average Bonchev–Trinajstić information content (AvgIpc) is 2.44. The zero-order valence-electron chi connectivity index (χ0n) is 11.6. The molecule has 3 nitrogen and oxygen atoms in total. The molecule has 0 bridgehead atoms. The van der Waals surface area contributed by atoms with Crippen molar-refractivity contribution < 1.29 is 9.15 Å². The zero-order valence-corrected chi connectivity index (χ0v) is 11.6. The molecule has 1 aromatic carbocycles. The van der Waals surface area contributed by atoms with Crippen LogP contribution in [0.3, 0.4) is 0 Å². The third-order valence-electron chi connectivity index (χ3n) is 2.98. The fourth-order valence-corrected chi connectivity index (χ4v) is 1.98. The average molecular weight is 268 g/mol. The lowest BCUT2D eigenvalue weighted by Gasteiger charge is -2.07. The highest BCUT2D eigenvalue weighted by atomic mass is 16.5. The van der Waals surface area contributed by atoms with Gasteiger partial charge < -0.3 is 9.15 Å². The van der Waals surface area contributed by atoms with E-state index in [1.54, 1.807) is 25.3 Å². The monoisotopic (exact) mass is 268 g/mol. The number of ether oxygens (including phenoxy) is 1. The third-order valence-corrected chi connectivity index (χ3v) is 2.98. The van der Waals surface area contributed by atoms with E-state index in [0.29, 0.717) is 16.9 Å². The van der Waals surface area contributed by atoms with Gasteiger partial charge in [-0.25, -0.2) is 4.79 Å². The molecule has 1 heterocycles. The Kier molecular flexibility index (Phi) is 3.89. The molecular formula is C17H16O3. The molecule has 0 aliphatic heterocycles. The molecule has 0 amide bonds. The number of hydrogen-bond donors (Lipinski definition) is 0. The molecule has 0 radical (unpaired) electrons. The summed E-state index contributed by atoms with van der Waals surface area (Å²) in [6.45, 7) is 9.41. The van der Waals surface area contributed by atoms with Crippen molar-refractivity contribution in [1.82, 2.24) is 0 Å². The van der Waals surface area contributed by atoms with Crippen LogP contribution in [0.1, 0.15) is 12.7 Å². The quantitative estimate of drug-likeness (QED) is 0.788. The highest BCUT2D eigenvalue weighted by Gasteiger charge is 2.10. The summed E-state index contributed by atoms with van der Waals surface area (Å²) in [6, 6.07) is 7.13. The van der Waals surface area contributed by atoms with Gasteiger partial charge in [0.15, 0.2) is 0 Å². The van der Waals surface area contributed by atoms with Gasteiger partial charge in [0.2, 0.25) is 0 Å². The molecular weight excluding hydrogens is 252 g/mol. The van der Waals surface area contributed by atoms with Crippen LogP contribution in [0.25, 0.3) is 16.3 Å². The van der Waals surface area contributed by atoms with E-state index < -0.39 is 5.63 Å². The van der Waals surface area contributed by atoms with Crippen molar-refractivity contribution in [2.24, 2.45) is 0 Å². The number of methoxy groups -OCH3 is 1. The normalized spacial score (nSPS) is 11.4. The second kappa shape index (κ2) is 5.61. The van der Waals surface area contributed by atoms with Crippen LogP contribution in [-0.2, 0) is 0 Å². The van der Waals surface area contributed by atoms with Gasteiger partial charge in [0.1, 0.15) is 11.5 Å². The fourth-order valence-electron chi connectivity index (χ4n) is 1.98. The molecule has 0 spiro atoms. The van der Waals surface area contributed by atoms with Crippen molar-refractivity contribution in [3.8, 4) is 5.75 Å². The van der Waals surface area contributed by atoms with Crippen molar-refractivity contribution in [3.05, 3.63) is 71.3 Å². The zero-order chi connectivity index (χ0) is 14.7. The van der Waals surface area contributed by atoms with E-state index in [1.165, 1.54) is 0 Å².